The van der Waals surface area contributed by atoms with Crippen molar-refractivity contribution in [3.63, 3.8) is 0 Å². The van der Waals surface area contributed by atoms with Crippen LogP contribution in [-0.2, 0) is 0 Å². The second-order valence-electron chi connectivity index (χ2n) is 4.02. The maximum Gasteiger partial charge on any atom is 0.127 e. The Balaban J connectivity index is 3.38. The van der Waals surface area contributed by atoms with Gasteiger partial charge >= 0.3 is 0 Å². The molecular weight excluding hydrogens is 209 g/mol. The molecule has 4 heteroatoms. The summed E-state index contributed by atoms with van der Waals surface area (Å²) >= 11 is 0. The van der Waals surface area contributed by atoms with Crippen LogP contribution in [0.3, 0.4) is 0 Å². The molecule has 0 aliphatic carbocycles. The summed E-state index contributed by atoms with van der Waals surface area (Å²) in [5.41, 5.74) is 6.72. The van der Waals surface area contributed by atoms with Crippen LogP contribution in [0.2, 0.25) is 0 Å². The maximum absolute atomic E-state index is 13.3. The molecule has 3 N–H and O–H groups in total. The third-order valence-corrected chi connectivity index (χ3v) is 2.52. The molecule has 0 aliphatic heterocycles. The van der Waals surface area contributed by atoms with Gasteiger partial charge in [-0.2, -0.15) is 0 Å². The predicted octanol–water partition coefficient (Wildman–Crippen LogP) is 1.95. The number of aliphatic hydroxyl groups excluding tert-OH is 1. The third kappa shape index (κ3) is 2.51. The first kappa shape index (κ1) is 12.9. The lowest BCUT2D eigenvalue weighted by atomic mass is 9.92. The Bertz CT molecular complexity index is 366. The van der Waals surface area contributed by atoms with Crippen LogP contribution in [0, 0.1) is 5.82 Å². The number of hydrogen-bond donors (Lipinski definition) is 2. The van der Waals surface area contributed by atoms with Gasteiger partial charge in [0.05, 0.1) is 13.2 Å². The Kier molecular flexibility index (Phi) is 4.26. The van der Waals surface area contributed by atoms with E-state index in [9.17, 15) is 9.50 Å². The van der Waals surface area contributed by atoms with Gasteiger partial charge in [-0.05, 0) is 17.5 Å². The summed E-state index contributed by atoms with van der Waals surface area (Å²) in [6.07, 6.45) is -0.859. The standard InChI is InChI=1S/C12H18FNO2/c1-7(2)12-9(10(15)6-14)4-8(13)5-11(12)16-3/h4-5,7,10,15H,6,14H2,1-3H3. The molecule has 90 valence electrons. The fraction of sp³-hybridized carbons (Fsp3) is 0.500. The highest BCUT2D eigenvalue weighted by atomic mass is 19.1. The van der Waals surface area contributed by atoms with E-state index in [0.717, 1.165) is 5.56 Å². The van der Waals surface area contributed by atoms with Crippen LogP contribution in [0.25, 0.3) is 0 Å². The van der Waals surface area contributed by atoms with E-state index in [-0.39, 0.29) is 12.5 Å². The first-order chi connectivity index (χ1) is 7.51. The molecule has 0 spiro atoms. The monoisotopic (exact) mass is 227 g/mol. The molecule has 0 bridgehead atoms. The lowest BCUT2D eigenvalue weighted by molar-refractivity contribution is 0.184. The first-order valence-electron chi connectivity index (χ1n) is 5.26. The van der Waals surface area contributed by atoms with E-state index < -0.39 is 11.9 Å². The zero-order valence-electron chi connectivity index (χ0n) is 9.83. The fourth-order valence-electron chi connectivity index (χ4n) is 1.80. The molecule has 1 rings (SSSR count). The van der Waals surface area contributed by atoms with Crippen molar-refractivity contribution >= 4 is 0 Å². The highest BCUT2D eigenvalue weighted by Crippen LogP contribution is 2.34. The average Bonchev–Trinajstić information content (AvgIpc) is 2.26. The van der Waals surface area contributed by atoms with Crippen LogP contribution in [0.4, 0.5) is 4.39 Å². The van der Waals surface area contributed by atoms with Gasteiger partial charge in [0.1, 0.15) is 11.6 Å². The van der Waals surface area contributed by atoms with Crippen molar-refractivity contribution in [3.8, 4) is 5.75 Å². The minimum absolute atomic E-state index is 0.0618. The molecule has 3 nitrogen and oxygen atoms in total. The molecule has 0 aliphatic rings. The fourth-order valence-corrected chi connectivity index (χ4v) is 1.80. The van der Waals surface area contributed by atoms with Crippen LogP contribution in [0.5, 0.6) is 5.75 Å². The molecule has 1 unspecified atom stereocenters. The Labute approximate surface area is 95.0 Å². The number of halogens is 1. The lowest BCUT2D eigenvalue weighted by Gasteiger charge is -2.20. The van der Waals surface area contributed by atoms with Gasteiger partial charge in [0.2, 0.25) is 0 Å². The maximum atomic E-state index is 13.3. The topological polar surface area (TPSA) is 55.5 Å². The van der Waals surface area contributed by atoms with Crippen LogP contribution in [0.15, 0.2) is 12.1 Å². The van der Waals surface area contributed by atoms with E-state index in [2.05, 4.69) is 0 Å². The molecule has 0 saturated heterocycles. The number of nitrogens with two attached hydrogens (primary N) is 1. The Morgan fingerprint density at radius 1 is 1.44 bits per heavy atom. The molecule has 16 heavy (non-hydrogen) atoms. The summed E-state index contributed by atoms with van der Waals surface area (Å²) in [6.45, 7) is 3.98. The van der Waals surface area contributed by atoms with E-state index in [4.69, 9.17) is 10.5 Å². The number of aliphatic hydroxyl groups is 1. The SMILES string of the molecule is COc1cc(F)cc(C(O)CN)c1C(C)C. The molecule has 0 fully saturated rings. The summed E-state index contributed by atoms with van der Waals surface area (Å²) in [7, 11) is 1.49. The smallest absolute Gasteiger partial charge is 0.127 e. The number of ether oxygens (including phenoxy) is 1. The number of methoxy groups -OCH3 is 1. The van der Waals surface area contributed by atoms with Gasteiger partial charge in [-0.15, -0.1) is 0 Å². The zero-order chi connectivity index (χ0) is 12.3. The van der Waals surface area contributed by atoms with Crippen LogP contribution in [0.1, 0.15) is 37.0 Å². The van der Waals surface area contributed by atoms with Gasteiger partial charge in [0.15, 0.2) is 0 Å². The van der Waals surface area contributed by atoms with Gasteiger partial charge in [0.25, 0.3) is 0 Å². The van der Waals surface area contributed by atoms with Gasteiger partial charge in [0, 0.05) is 18.2 Å². The van der Waals surface area contributed by atoms with E-state index in [1.54, 1.807) is 0 Å². The zero-order valence-corrected chi connectivity index (χ0v) is 9.83. The quantitative estimate of drug-likeness (QED) is 0.826. The summed E-state index contributed by atoms with van der Waals surface area (Å²) < 4.78 is 18.5. The highest BCUT2D eigenvalue weighted by Gasteiger charge is 2.19. The second-order valence-corrected chi connectivity index (χ2v) is 4.02. The molecule has 0 radical (unpaired) electrons. The molecule has 1 aromatic carbocycles. The van der Waals surface area contributed by atoms with Crippen LogP contribution < -0.4 is 10.5 Å². The normalized spacial score (nSPS) is 12.9. The van der Waals surface area contributed by atoms with E-state index in [1.807, 2.05) is 13.8 Å². The largest absolute Gasteiger partial charge is 0.496 e. The Hall–Kier alpha value is -1.13. The van der Waals surface area contributed by atoms with Gasteiger partial charge < -0.3 is 15.6 Å². The highest BCUT2D eigenvalue weighted by molar-refractivity contribution is 5.44. The first-order valence-corrected chi connectivity index (χ1v) is 5.26. The molecule has 0 amide bonds. The van der Waals surface area contributed by atoms with E-state index in [0.29, 0.717) is 11.3 Å². The third-order valence-electron chi connectivity index (χ3n) is 2.52. The number of rotatable bonds is 4. The minimum atomic E-state index is -0.859. The predicted molar refractivity (Wildman–Crippen MR) is 61.1 cm³/mol. The molecule has 1 aromatic rings. The van der Waals surface area contributed by atoms with Crippen molar-refractivity contribution < 1.29 is 14.2 Å². The van der Waals surface area contributed by atoms with Crippen LogP contribution in [-0.4, -0.2) is 18.8 Å². The Morgan fingerprint density at radius 3 is 2.50 bits per heavy atom. The van der Waals surface area contributed by atoms with Crippen molar-refractivity contribution in [2.75, 3.05) is 13.7 Å². The van der Waals surface area contributed by atoms with Gasteiger partial charge in [-0.25, -0.2) is 4.39 Å². The second kappa shape index (κ2) is 5.27. The van der Waals surface area contributed by atoms with Crippen molar-refractivity contribution in [2.24, 2.45) is 5.73 Å². The van der Waals surface area contributed by atoms with Crippen molar-refractivity contribution in [3.05, 3.63) is 29.1 Å². The lowest BCUT2D eigenvalue weighted by Crippen LogP contribution is -2.15. The van der Waals surface area contributed by atoms with Crippen molar-refractivity contribution in [1.82, 2.24) is 0 Å². The summed E-state index contributed by atoms with van der Waals surface area (Å²) in [5.74, 6) is 0.160. The van der Waals surface area contributed by atoms with Crippen LogP contribution >= 0.6 is 0 Å². The molecule has 0 aromatic heterocycles. The average molecular weight is 227 g/mol. The number of benzene rings is 1. The van der Waals surface area contributed by atoms with Crippen molar-refractivity contribution in [2.45, 2.75) is 25.9 Å². The molecule has 0 heterocycles. The summed E-state index contributed by atoms with van der Waals surface area (Å²) in [5, 5.41) is 9.76. The molecule has 1 atom stereocenters. The van der Waals surface area contributed by atoms with Gasteiger partial charge in [-0.3, -0.25) is 0 Å². The van der Waals surface area contributed by atoms with Gasteiger partial charge in [-0.1, -0.05) is 13.8 Å². The minimum Gasteiger partial charge on any atom is -0.496 e. The molecule has 0 saturated carbocycles. The molecular formula is C12H18FNO2. The summed E-state index contributed by atoms with van der Waals surface area (Å²) in [4.78, 5) is 0. The van der Waals surface area contributed by atoms with Crippen molar-refractivity contribution in [1.29, 1.82) is 0 Å². The van der Waals surface area contributed by atoms with E-state index >= 15 is 0 Å². The number of hydrogen-bond acceptors (Lipinski definition) is 3. The Morgan fingerprint density at radius 2 is 2.06 bits per heavy atom. The van der Waals surface area contributed by atoms with E-state index in [1.165, 1.54) is 19.2 Å². The summed E-state index contributed by atoms with van der Waals surface area (Å²) in [6, 6.07) is 2.64.